The monoisotopic (exact) mass is 615 g/mol. The Morgan fingerprint density at radius 2 is 1.12 bits per heavy atom. The molecule has 48 heavy (non-hydrogen) atoms. The van der Waals surface area contributed by atoms with E-state index >= 15 is 0 Å². The largest absolute Gasteiger partial charge is 0.308 e. The Balaban J connectivity index is 1.25. The highest BCUT2D eigenvalue weighted by atomic mass is 15.0. The molecule has 0 saturated heterocycles. The van der Waals surface area contributed by atoms with Crippen LogP contribution in [0.15, 0.2) is 140 Å². The molecule has 226 valence electrons. The summed E-state index contributed by atoms with van der Waals surface area (Å²) in [6.45, 7) is 4.60. The number of benzene rings is 6. The predicted octanol–water partition coefficient (Wildman–Crippen LogP) is 10.1. The first-order valence-corrected chi connectivity index (χ1v) is 16.1. The summed E-state index contributed by atoms with van der Waals surface area (Å²) in [4.78, 5) is 14.6. The number of hydrogen-bond acceptors (Lipinski definition) is 4. The van der Waals surface area contributed by atoms with E-state index in [4.69, 9.17) is 15.0 Å². The van der Waals surface area contributed by atoms with Crippen molar-refractivity contribution in [1.82, 2.24) is 19.5 Å². The second-order valence-electron chi connectivity index (χ2n) is 12.8. The smallest absolute Gasteiger partial charge is 0.164 e. The Morgan fingerprint density at radius 3 is 1.81 bits per heavy atom. The van der Waals surface area contributed by atoms with Crippen LogP contribution in [0.2, 0.25) is 0 Å². The summed E-state index contributed by atoms with van der Waals surface area (Å²) in [5.74, 6) is 1.69. The van der Waals surface area contributed by atoms with E-state index in [1.807, 2.05) is 78.9 Å². The molecular weight excluding hydrogens is 587 g/mol. The molecule has 8 aromatic rings. The molecule has 0 saturated carbocycles. The summed E-state index contributed by atoms with van der Waals surface area (Å²) in [6.07, 6.45) is 0. The molecule has 9 rings (SSSR count). The van der Waals surface area contributed by atoms with Crippen molar-refractivity contribution in [2.75, 3.05) is 0 Å². The fraction of sp³-hybridized carbons (Fsp3) is 0.0698. The van der Waals surface area contributed by atoms with Gasteiger partial charge >= 0.3 is 0 Å². The van der Waals surface area contributed by atoms with Gasteiger partial charge in [-0.3, -0.25) is 0 Å². The van der Waals surface area contributed by atoms with Crippen molar-refractivity contribution >= 4 is 21.8 Å². The number of rotatable bonds is 4. The van der Waals surface area contributed by atoms with Gasteiger partial charge in [-0.25, -0.2) is 15.0 Å². The standard InChI is InChI=1S/C43H29N5/c1-43(2)35-19-11-9-17-31(35)33-24-34-32-18-10-12-20-38(32)48(39(34)25-36(33)43)37-22-21-29(23-30(37)26-44)42-46-40(27-13-5-3-6-14-27)45-41(47-42)28-15-7-4-8-16-28/h3-25H,1-2H3. The average Bonchev–Trinajstić information content (AvgIpc) is 3.59. The second kappa shape index (κ2) is 10.6. The van der Waals surface area contributed by atoms with E-state index in [-0.39, 0.29) is 5.41 Å². The lowest BCUT2D eigenvalue weighted by molar-refractivity contribution is 0.661. The van der Waals surface area contributed by atoms with E-state index in [1.54, 1.807) is 0 Å². The maximum absolute atomic E-state index is 10.6. The molecule has 0 radical (unpaired) electrons. The van der Waals surface area contributed by atoms with Gasteiger partial charge in [-0.2, -0.15) is 5.26 Å². The third-order valence-corrected chi connectivity index (χ3v) is 9.69. The number of nitrogens with zero attached hydrogens (tertiary/aromatic N) is 5. The van der Waals surface area contributed by atoms with Crippen LogP contribution in [0, 0.1) is 11.3 Å². The van der Waals surface area contributed by atoms with Crippen LogP contribution in [0.25, 0.3) is 72.8 Å². The van der Waals surface area contributed by atoms with Crippen molar-refractivity contribution in [3.05, 3.63) is 156 Å². The molecule has 0 spiro atoms. The van der Waals surface area contributed by atoms with Gasteiger partial charge in [0.2, 0.25) is 0 Å². The van der Waals surface area contributed by atoms with E-state index in [0.29, 0.717) is 23.0 Å². The maximum Gasteiger partial charge on any atom is 0.164 e. The summed E-state index contributed by atoms with van der Waals surface area (Å²) >= 11 is 0. The minimum Gasteiger partial charge on any atom is -0.308 e. The van der Waals surface area contributed by atoms with Crippen LogP contribution >= 0.6 is 0 Å². The van der Waals surface area contributed by atoms with Crippen LogP contribution in [0.4, 0.5) is 0 Å². The van der Waals surface area contributed by atoms with Gasteiger partial charge in [0.15, 0.2) is 17.5 Å². The van der Waals surface area contributed by atoms with Gasteiger partial charge < -0.3 is 4.57 Å². The topological polar surface area (TPSA) is 67.4 Å². The van der Waals surface area contributed by atoms with Gasteiger partial charge in [0.25, 0.3) is 0 Å². The Labute approximate surface area is 278 Å². The molecule has 2 aromatic heterocycles. The summed E-state index contributed by atoms with van der Waals surface area (Å²) in [5.41, 5.74) is 11.1. The first-order chi connectivity index (χ1) is 23.5. The zero-order valence-electron chi connectivity index (χ0n) is 26.5. The Morgan fingerprint density at radius 1 is 0.521 bits per heavy atom. The normalized spacial score (nSPS) is 12.9. The predicted molar refractivity (Wildman–Crippen MR) is 193 cm³/mol. The molecule has 0 aliphatic heterocycles. The maximum atomic E-state index is 10.6. The van der Waals surface area contributed by atoms with Crippen molar-refractivity contribution in [2.24, 2.45) is 0 Å². The zero-order valence-corrected chi connectivity index (χ0v) is 26.5. The lowest BCUT2D eigenvalue weighted by atomic mass is 9.82. The molecule has 1 aliphatic rings. The summed E-state index contributed by atoms with van der Waals surface area (Å²) in [5, 5.41) is 13.0. The fourth-order valence-electron chi connectivity index (χ4n) is 7.32. The lowest BCUT2D eigenvalue weighted by Gasteiger charge is -2.21. The molecule has 0 amide bonds. The highest BCUT2D eigenvalue weighted by Crippen LogP contribution is 2.51. The minimum absolute atomic E-state index is 0.144. The molecular formula is C43H29N5. The summed E-state index contributed by atoms with van der Waals surface area (Å²) < 4.78 is 2.24. The molecule has 0 fully saturated rings. The third kappa shape index (κ3) is 4.20. The van der Waals surface area contributed by atoms with Crippen LogP contribution in [0.3, 0.4) is 0 Å². The molecule has 2 heterocycles. The zero-order chi connectivity index (χ0) is 32.4. The molecule has 6 aromatic carbocycles. The van der Waals surface area contributed by atoms with Crippen molar-refractivity contribution < 1.29 is 0 Å². The van der Waals surface area contributed by atoms with E-state index < -0.39 is 0 Å². The van der Waals surface area contributed by atoms with E-state index in [9.17, 15) is 5.26 Å². The summed E-state index contributed by atoms with van der Waals surface area (Å²) in [7, 11) is 0. The van der Waals surface area contributed by atoms with Crippen LogP contribution in [-0.4, -0.2) is 19.5 Å². The fourth-order valence-corrected chi connectivity index (χ4v) is 7.32. The van der Waals surface area contributed by atoms with E-state index in [1.165, 1.54) is 27.6 Å². The first kappa shape index (κ1) is 27.9. The van der Waals surface area contributed by atoms with Gasteiger partial charge in [-0.15, -0.1) is 0 Å². The molecule has 0 bridgehead atoms. The molecule has 0 unspecified atom stereocenters. The van der Waals surface area contributed by atoms with Crippen molar-refractivity contribution in [2.45, 2.75) is 19.3 Å². The van der Waals surface area contributed by atoms with Gasteiger partial charge in [0, 0.05) is 32.9 Å². The second-order valence-corrected chi connectivity index (χ2v) is 12.8. The molecule has 5 nitrogen and oxygen atoms in total. The lowest BCUT2D eigenvalue weighted by Crippen LogP contribution is -2.15. The highest BCUT2D eigenvalue weighted by molar-refractivity contribution is 6.11. The van der Waals surface area contributed by atoms with E-state index in [2.05, 4.69) is 85.1 Å². The summed E-state index contributed by atoms with van der Waals surface area (Å²) in [6, 6.07) is 50.2. The quantitative estimate of drug-likeness (QED) is 0.198. The highest BCUT2D eigenvalue weighted by Gasteiger charge is 2.36. The number of hydrogen-bond donors (Lipinski definition) is 0. The van der Waals surface area contributed by atoms with Crippen molar-refractivity contribution in [3.8, 4) is 57.0 Å². The third-order valence-electron chi connectivity index (χ3n) is 9.69. The van der Waals surface area contributed by atoms with Gasteiger partial charge in [-0.1, -0.05) is 117 Å². The van der Waals surface area contributed by atoms with Crippen LogP contribution < -0.4 is 0 Å². The number of fused-ring (bicyclic) bond motifs is 6. The average molecular weight is 616 g/mol. The van der Waals surface area contributed by atoms with Crippen LogP contribution in [0.1, 0.15) is 30.5 Å². The first-order valence-electron chi connectivity index (χ1n) is 16.1. The van der Waals surface area contributed by atoms with Gasteiger partial charge in [0.1, 0.15) is 6.07 Å². The number of para-hydroxylation sites is 1. The molecule has 0 atom stereocenters. The van der Waals surface area contributed by atoms with Gasteiger partial charge in [-0.05, 0) is 58.7 Å². The minimum atomic E-state index is -0.144. The van der Waals surface area contributed by atoms with Crippen LogP contribution in [0.5, 0.6) is 0 Å². The molecule has 0 N–H and O–H groups in total. The van der Waals surface area contributed by atoms with Crippen LogP contribution in [-0.2, 0) is 5.41 Å². The Hall–Kier alpha value is -6.38. The van der Waals surface area contributed by atoms with Gasteiger partial charge in [0.05, 0.1) is 22.3 Å². The molecule has 1 aliphatic carbocycles. The van der Waals surface area contributed by atoms with E-state index in [0.717, 1.165) is 38.8 Å². The number of nitriles is 1. The SMILES string of the molecule is CC1(C)c2ccccc2-c2cc3c4ccccc4n(-c4ccc(-c5nc(-c6ccccc6)nc(-c6ccccc6)n5)cc4C#N)c3cc21. The van der Waals surface area contributed by atoms with Crippen molar-refractivity contribution in [3.63, 3.8) is 0 Å². The van der Waals surface area contributed by atoms with Crippen molar-refractivity contribution in [1.29, 1.82) is 5.26 Å². The Kier molecular flexibility index (Phi) is 6.15. The Bertz CT molecular complexity index is 2530. The molecule has 5 heteroatoms. The number of aromatic nitrogens is 4.